The van der Waals surface area contributed by atoms with E-state index in [1.807, 2.05) is 6.92 Å². The molecule has 72 valence electrons. The van der Waals surface area contributed by atoms with Crippen molar-refractivity contribution >= 4 is 5.71 Å². The van der Waals surface area contributed by atoms with Crippen LogP contribution in [0.4, 0.5) is 13.2 Å². The monoisotopic (exact) mass is 181 g/mol. The fraction of sp³-hybridized carbons (Fsp3) is 0.875. The van der Waals surface area contributed by atoms with Crippen molar-refractivity contribution in [3.63, 3.8) is 0 Å². The van der Waals surface area contributed by atoms with E-state index in [9.17, 15) is 13.2 Å². The molecule has 0 heterocycles. The van der Waals surface area contributed by atoms with Crippen LogP contribution in [0.3, 0.4) is 0 Å². The van der Waals surface area contributed by atoms with Gasteiger partial charge < -0.3 is 0 Å². The van der Waals surface area contributed by atoms with E-state index >= 15 is 0 Å². The van der Waals surface area contributed by atoms with E-state index in [1.54, 1.807) is 6.92 Å². The maximum Gasteiger partial charge on any atom is 0.428 e. The second-order valence-corrected chi connectivity index (χ2v) is 2.85. The molecule has 1 unspecified atom stereocenters. The number of rotatable bonds is 3. The lowest BCUT2D eigenvalue weighted by molar-refractivity contribution is -0.0595. The van der Waals surface area contributed by atoms with E-state index in [0.29, 0.717) is 6.42 Å². The van der Waals surface area contributed by atoms with Gasteiger partial charge in [0.15, 0.2) is 0 Å². The Labute approximate surface area is 70.7 Å². The highest BCUT2D eigenvalue weighted by atomic mass is 19.4. The second-order valence-electron chi connectivity index (χ2n) is 2.85. The summed E-state index contributed by atoms with van der Waals surface area (Å²) in [6, 6.07) is -0.225. The summed E-state index contributed by atoms with van der Waals surface area (Å²) in [5.74, 6) is 0. The summed E-state index contributed by atoms with van der Waals surface area (Å²) in [4.78, 5) is 3.53. The fourth-order valence-corrected chi connectivity index (χ4v) is 0.886. The van der Waals surface area contributed by atoms with Gasteiger partial charge in [-0.05, 0) is 20.3 Å². The van der Waals surface area contributed by atoms with Crippen LogP contribution in [-0.2, 0) is 0 Å². The van der Waals surface area contributed by atoms with Gasteiger partial charge in [-0.3, -0.25) is 4.99 Å². The van der Waals surface area contributed by atoms with E-state index in [4.69, 9.17) is 0 Å². The van der Waals surface area contributed by atoms with Gasteiger partial charge in [0.1, 0.15) is 5.71 Å². The second kappa shape index (κ2) is 4.48. The predicted octanol–water partition coefficient (Wildman–Crippen LogP) is 3.20. The van der Waals surface area contributed by atoms with Crippen LogP contribution in [0, 0.1) is 0 Å². The molecule has 0 aromatic heterocycles. The molecule has 0 aromatic rings. The van der Waals surface area contributed by atoms with Crippen molar-refractivity contribution in [1.82, 2.24) is 0 Å². The molecular formula is C8H14F3N. The third kappa shape index (κ3) is 4.36. The molecule has 0 N–H and O–H groups in total. The number of halogens is 3. The zero-order valence-corrected chi connectivity index (χ0v) is 7.57. The van der Waals surface area contributed by atoms with Gasteiger partial charge in [0.2, 0.25) is 0 Å². The normalized spacial score (nSPS) is 16.3. The Bertz CT molecular complexity index is 160. The summed E-state index contributed by atoms with van der Waals surface area (Å²) in [6.45, 7) is 4.62. The first-order chi connectivity index (χ1) is 5.38. The minimum atomic E-state index is -4.26. The van der Waals surface area contributed by atoms with Crippen LogP contribution in [0.1, 0.15) is 33.6 Å². The van der Waals surface area contributed by atoms with Crippen LogP contribution in [0.2, 0.25) is 0 Å². The van der Waals surface area contributed by atoms with Crippen LogP contribution >= 0.6 is 0 Å². The largest absolute Gasteiger partial charge is 0.428 e. The van der Waals surface area contributed by atoms with Crippen molar-refractivity contribution in [2.45, 2.75) is 45.8 Å². The minimum absolute atomic E-state index is 0.225. The Morgan fingerprint density at radius 2 is 1.92 bits per heavy atom. The smallest absolute Gasteiger partial charge is 0.282 e. The van der Waals surface area contributed by atoms with E-state index in [1.165, 1.54) is 0 Å². The SMILES string of the molecule is CCCC(C)/N=C(\C)C(F)(F)F. The average Bonchev–Trinajstić information content (AvgIpc) is 1.85. The standard InChI is InChI=1S/C8H14F3N/c1-4-5-6(2)12-7(3)8(9,10)11/h6H,4-5H2,1-3H3/b12-7+. The fourth-order valence-electron chi connectivity index (χ4n) is 0.886. The summed E-state index contributed by atoms with van der Waals surface area (Å²) in [6.07, 6.45) is -2.70. The van der Waals surface area contributed by atoms with E-state index < -0.39 is 11.9 Å². The van der Waals surface area contributed by atoms with Gasteiger partial charge in [0.05, 0.1) is 0 Å². The molecule has 0 aromatic carbocycles. The maximum atomic E-state index is 11.9. The van der Waals surface area contributed by atoms with Crippen molar-refractivity contribution in [3.8, 4) is 0 Å². The molecule has 0 amide bonds. The highest BCUT2D eigenvalue weighted by molar-refractivity contribution is 5.87. The topological polar surface area (TPSA) is 12.4 Å². The molecule has 0 radical (unpaired) electrons. The lowest BCUT2D eigenvalue weighted by atomic mass is 10.2. The molecule has 0 aliphatic rings. The summed E-state index contributed by atoms with van der Waals surface area (Å²) in [5.41, 5.74) is -0.733. The molecule has 0 aliphatic carbocycles. The number of aliphatic imine (C=N–C) groups is 1. The van der Waals surface area contributed by atoms with Crippen molar-refractivity contribution in [2.75, 3.05) is 0 Å². The molecule has 4 heteroatoms. The zero-order valence-electron chi connectivity index (χ0n) is 7.57. The summed E-state index contributed by atoms with van der Waals surface area (Å²) < 4.78 is 35.8. The molecule has 0 bridgehead atoms. The van der Waals surface area contributed by atoms with E-state index in [-0.39, 0.29) is 6.04 Å². The highest BCUT2D eigenvalue weighted by Gasteiger charge is 2.31. The number of alkyl halides is 3. The number of hydrogen-bond acceptors (Lipinski definition) is 1. The summed E-state index contributed by atoms with van der Waals surface area (Å²) in [7, 11) is 0. The molecule has 0 spiro atoms. The Morgan fingerprint density at radius 3 is 2.25 bits per heavy atom. The van der Waals surface area contributed by atoms with Gasteiger partial charge in [0, 0.05) is 6.04 Å². The first kappa shape index (κ1) is 11.5. The summed E-state index contributed by atoms with van der Waals surface area (Å²) in [5, 5.41) is 0. The third-order valence-electron chi connectivity index (χ3n) is 1.53. The van der Waals surface area contributed by atoms with Crippen LogP contribution in [-0.4, -0.2) is 17.9 Å². The minimum Gasteiger partial charge on any atom is -0.282 e. The van der Waals surface area contributed by atoms with E-state index in [0.717, 1.165) is 13.3 Å². The molecule has 0 saturated heterocycles. The molecule has 1 nitrogen and oxygen atoms in total. The van der Waals surface area contributed by atoms with Gasteiger partial charge in [-0.25, -0.2) is 0 Å². The number of hydrogen-bond donors (Lipinski definition) is 0. The van der Waals surface area contributed by atoms with Crippen LogP contribution in [0.5, 0.6) is 0 Å². The molecule has 0 fully saturated rings. The van der Waals surface area contributed by atoms with Crippen molar-refractivity contribution < 1.29 is 13.2 Å². The maximum absolute atomic E-state index is 11.9. The Morgan fingerprint density at radius 1 is 1.42 bits per heavy atom. The number of nitrogens with zero attached hydrogens (tertiary/aromatic N) is 1. The van der Waals surface area contributed by atoms with Crippen molar-refractivity contribution in [2.24, 2.45) is 4.99 Å². The lowest BCUT2D eigenvalue weighted by Crippen LogP contribution is -2.21. The summed E-state index contributed by atoms with van der Waals surface area (Å²) >= 11 is 0. The molecule has 1 atom stereocenters. The predicted molar refractivity (Wildman–Crippen MR) is 43.5 cm³/mol. The van der Waals surface area contributed by atoms with Crippen molar-refractivity contribution in [1.29, 1.82) is 0 Å². The van der Waals surface area contributed by atoms with Crippen molar-refractivity contribution in [3.05, 3.63) is 0 Å². The van der Waals surface area contributed by atoms with Crippen LogP contribution in [0.15, 0.2) is 4.99 Å². The first-order valence-corrected chi connectivity index (χ1v) is 3.99. The lowest BCUT2D eigenvalue weighted by Gasteiger charge is -2.09. The highest BCUT2D eigenvalue weighted by Crippen LogP contribution is 2.18. The van der Waals surface area contributed by atoms with Crippen LogP contribution < -0.4 is 0 Å². The van der Waals surface area contributed by atoms with E-state index in [2.05, 4.69) is 4.99 Å². The zero-order chi connectivity index (χ0) is 9.78. The van der Waals surface area contributed by atoms with Gasteiger partial charge in [0.25, 0.3) is 0 Å². The van der Waals surface area contributed by atoms with Gasteiger partial charge in [-0.15, -0.1) is 0 Å². The Kier molecular flexibility index (Phi) is 4.28. The van der Waals surface area contributed by atoms with Gasteiger partial charge in [-0.2, -0.15) is 13.2 Å². The van der Waals surface area contributed by atoms with Gasteiger partial charge >= 0.3 is 6.18 Å². The van der Waals surface area contributed by atoms with Gasteiger partial charge in [-0.1, -0.05) is 13.3 Å². The molecule has 0 aliphatic heterocycles. The quantitative estimate of drug-likeness (QED) is 0.593. The molecule has 0 rings (SSSR count). The average molecular weight is 181 g/mol. The molecule has 12 heavy (non-hydrogen) atoms. The molecular weight excluding hydrogens is 167 g/mol. The van der Waals surface area contributed by atoms with Crippen LogP contribution in [0.25, 0.3) is 0 Å². The Balaban J connectivity index is 4.16. The third-order valence-corrected chi connectivity index (χ3v) is 1.53. The first-order valence-electron chi connectivity index (χ1n) is 3.99. The Hall–Kier alpha value is -0.540. The molecule has 0 saturated carbocycles.